The standard InChI is InChI=1S/C17H19NO3/c1-18(2)16(17(19)20)14-8-10-15(11-9-14)21-12-13-6-4-3-5-7-13/h3-11,16H,12H2,1-2H3,(H,19,20)/t16-/m0/s1. The minimum Gasteiger partial charge on any atom is -0.489 e. The van der Waals surface area contributed by atoms with Gasteiger partial charge in [-0.25, -0.2) is 0 Å². The normalized spacial score (nSPS) is 12.1. The summed E-state index contributed by atoms with van der Waals surface area (Å²) < 4.78 is 5.69. The van der Waals surface area contributed by atoms with E-state index in [-0.39, 0.29) is 0 Å². The molecule has 0 unspecified atom stereocenters. The van der Waals surface area contributed by atoms with Crippen molar-refractivity contribution in [2.75, 3.05) is 14.1 Å². The maximum atomic E-state index is 11.3. The van der Waals surface area contributed by atoms with Crippen molar-refractivity contribution >= 4 is 5.97 Å². The summed E-state index contributed by atoms with van der Waals surface area (Å²) >= 11 is 0. The highest BCUT2D eigenvalue weighted by Crippen LogP contribution is 2.22. The number of carboxylic acid groups (broad SMARTS) is 1. The molecule has 2 rings (SSSR count). The van der Waals surface area contributed by atoms with Gasteiger partial charge >= 0.3 is 5.97 Å². The molecule has 0 heterocycles. The molecule has 0 saturated heterocycles. The van der Waals surface area contributed by atoms with Crippen LogP contribution < -0.4 is 4.74 Å². The third-order valence-electron chi connectivity index (χ3n) is 3.19. The minimum atomic E-state index is -0.863. The van der Waals surface area contributed by atoms with Crippen LogP contribution in [0.2, 0.25) is 0 Å². The monoisotopic (exact) mass is 285 g/mol. The fourth-order valence-electron chi connectivity index (χ4n) is 2.15. The summed E-state index contributed by atoms with van der Waals surface area (Å²) in [7, 11) is 3.50. The first-order valence-corrected chi connectivity index (χ1v) is 6.74. The third-order valence-corrected chi connectivity index (χ3v) is 3.19. The molecule has 0 fully saturated rings. The maximum Gasteiger partial charge on any atom is 0.325 e. The van der Waals surface area contributed by atoms with Crippen molar-refractivity contribution in [3.63, 3.8) is 0 Å². The summed E-state index contributed by atoms with van der Waals surface area (Å²) in [5.74, 6) is -0.136. The zero-order valence-electron chi connectivity index (χ0n) is 12.2. The molecule has 0 bridgehead atoms. The molecule has 2 aromatic carbocycles. The second-order valence-electron chi connectivity index (χ2n) is 5.05. The molecule has 0 aliphatic rings. The second kappa shape index (κ2) is 6.90. The molecule has 0 spiro atoms. The molecule has 0 aromatic heterocycles. The lowest BCUT2D eigenvalue weighted by molar-refractivity contribution is -0.142. The Morgan fingerprint density at radius 1 is 1.10 bits per heavy atom. The molecule has 0 radical (unpaired) electrons. The molecule has 0 saturated carbocycles. The predicted octanol–water partition coefficient (Wildman–Crippen LogP) is 2.95. The highest BCUT2D eigenvalue weighted by Gasteiger charge is 2.21. The van der Waals surface area contributed by atoms with E-state index in [2.05, 4.69) is 0 Å². The van der Waals surface area contributed by atoms with Crippen molar-refractivity contribution in [2.45, 2.75) is 12.6 Å². The lowest BCUT2D eigenvalue weighted by Gasteiger charge is -2.20. The van der Waals surface area contributed by atoms with Crippen molar-refractivity contribution in [3.05, 3.63) is 65.7 Å². The van der Waals surface area contributed by atoms with E-state index in [1.165, 1.54) is 0 Å². The van der Waals surface area contributed by atoms with Crippen LogP contribution in [-0.2, 0) is 11.4 Å². The van der Waals surface area contributed by atoms with Crippen molar-refractivity contribution in [1.82, 2.24) is 4.90 Å². The predicted molar refractivity (Wildman–Crippen MR) is 81.3 cm³/mol. The Hall–Kier alpha value is -2.33. The van der Waals surface area contributed by atoms with Gasteiger partial charge in [0.2, 0.25) is 0 Å². The van der Waals surface area contributed by atoms with Gasteiger partial charge in [-0.15, -0.1) is 0 Å². The van der Waals surface area contributed by atoms with E-state index in [0.717, 1.165) is 16.9 Å². The van der Waals surface area contributed by atoms with Crippen LogP contribution in [0.3, 0.4) is 0 Å². The number of ether oxygens (including phenoxy) is 1. The third kappa shape index (κ3) is 4.07. The molecular weight excluding hydrogens is 266 g/mol. The molecule has 4 nitrogen and oxygen atoms in total. The lowest BCUT2D eigenvalue weighted by Crippen LogP contribution is -2.27. The van der Waals surface area contributed by atoms with E-state index >= 15 is 0 Å². The number of aliphatic carboxylic acids is 1. The summed E-state index contributed by atoms with van der Waals surface area (Å²) in [6.07, 6.45) is 0. The van der Waals surface area contributed by atoms with Crippen LogP contribution in [0.4, 0.5) is 0 Å². The first-order chi connectivity index (χ1) is 10.1. The average molecular weight is 285 g/mol. The van der Waals surface area contributed by atoms with Crippen LogP contribution in [0.1, 0.15) is 17.2 Å². The molecule has 1 N–H and O–H groups in total. The number of hydrogen-bond acceptors (Lipinski definition) is 3. The molecule has 1 atom stereocenters. The zero-order chi connectivity index (χ0) is 15.2. The van der Waals surface area contributed by atoms with Crippen LogP contribution in [-0.4, -0.2) is 30.1 Å². The number of nitrogens with zero attached hydrogens (tertiary/aromatic N) is 1. The van der Waals surface area contributed by atoms with Gasteiger partial charge in [0, 0.05) is 0 Å². The van der Waals surface area contributed by atoms with Gasteiger partial charge < -0.3 is 9.84 Å². The first kappa shape index (κ1) is 15.1. The van der Waals surface area contributed by atoms with E-state index < -0.39 is 12.0 Å². The summed E-state index contributed by atoms with van der Waals surface area (Å²) in [5, 5.41) is 9.25. The number of rotatable bonds is 6. The van der Waals surface area contributed by atoms with E-state index in [4.69, 9.17) is 4.74 Å². The van der Waals surface area contributed by atoms with E-state index in [9.17, 15) is 9.90 Å². The molecule has 0 aliphatic carbocycles. The molecule has 0 amide bonds. The molecule has 0 aliphatic heterocycles. The molecule has 2 aromatic rings. The quantitative estimate of drug-likeness (QED) is 0.886. The minimum absolute atomic E-state index is 0.496. The van der Waals surface area contributed by atoms with Gasteiger partial charge in [0.1, 0.15) is 18.4 Å². The number of likely N-dealkylation sites (N-methyl/N-ethyl adjacent to an activating group) is 1. The summed E-state index contributed by atoms with van der Waals surface area (Å²) in [4.78, 5) is 12.9. The summed E-state index contributed by atoms with van der Waals surface area (Å²) in [6.45, 7) is 0.496. The fraction of sp³-hybridized carbons (Fsp3) is 0.235. The first-order valence-electron chi connectivity index (χ1n) is 6.74. The Morgan fingerprint density at radius 3 is 2.24 bits per heavy atom. The fourth-order valence-corrected chi connectivity index (χ4v) is 2.15. The van der Waals surface area contributed by atoms with Crippen LogP contribution >= 0.6 is 0 Å². The van der Waals surface area contributed by atoms with Gasteiger partial charge in [-0.05, 0) is 37.4 Å². The molecular formula is C17H19NO3. The average Bonchev–Trinajstić information content (AvgIpc) is 2.47. The van der Waals surface area contributed by atoms with Crippen molar-refractivity contribution < 1.29 is 14.6 Å². The highest BCUT2D eigenvalue weighted by atomic mass is 16.5. The Labute approximate surface area is 124 Å². The topological polar surface area (TPSA) is 49.8 Å². The Bertz CT molecular complexity index is 579. The van der Waals surface area contributed by atoms with E-state index in [0.29, 0.717) is 6.61 Å². The molecule has 4 heteroatoms. The van der Waals surface area contributed by atoms with Crippen molar-refractivity contribution in [1.29, 1.82) is 0 Å². The second-order valence-corrected chi connectivity index (χ2v) is 5.05. The number of hydrogen-bond donors (Lipinski definition) is 1. The SMILES string of the molecule is CN(C)[C@H](C(=O)O)c1ccc(OCc2ccccc2)cc1. The van der Waals surface area contributed by atoms with Crippen molar-refractivity contribution in [2.24, 2.45) is 0 Å². The van der Waals surface area contributed by atoms with Gasteiger partial charge in [-0.3, -0.25) is 9.69 Å². The van der Waals surface area contributed by atoms with Crippen LogP contribution in [0.5, 0.6) is 5.75 Å². The van der Waals surface area contributed by atoms with Gasteiger partial charge in [0.15, 0.2) is 0 Å². The Balaban J connectivity index is 2.03. The van der Waals surface area contributed by atoms with Crippen LogP contribution in [0, 0.1) is 0 Å². The van der Waals surface area contributed by atoms with E-state index in [1.807, 2.05) is 30.3 Å². The largest absolute Gasteiger partial charge is 0.489 e. The highest BCUT2D eigenvalue weighted by molar-refractivity contribution is 5.75. The molecule has 21 heavy (non-hydrogen) atoms. The van der Waals surface area contributed by atoms with Crippen LogP contribution in [0.25, 0.3) is 0 Å². The zero-order valence-corrected chi connectivity index (χ0v) is 12.2. The Morgan fingerprint density at radius 2 is 1.71 bits per heavy atom. The number of benzene rings is 2. The van der Waals surface area contributed by atoms with Gasteiger partial charge in [-0.1, -0.05) is 42.5 Å². The van der Waals surface area contributed by atoms with Crippen LogP contribution in [0.15, 0.2) is 54.6 Å². The Kier molecular flexibility index (Phi) is 4.95. The smallest absolute Gasteiger partial charge is 0.325 e. The molecule has 110 valence electrons. The summed E-state index contributed by atoms with van der Waals surface area (Å²) in [6, 6.07) is 16.4. The van der Waals surface area contributed by atoms with Gasteiger partial charge in [-0.2, -0.15) is 0 Å². The lowest BCUT2D eigenvalue weighted by atomic mass is 10.1. The van der Waals surface area contributed by atoms with E-state index in [1.54, 1.807) is 43.3 Å². The number of carboxylic acids is 1. The van der Waals surface area contributed by atoms with Gasteiger partial charge in [0.25, 0.3) is 0 Å². The maximum absolute atomic E-state index is 11.3. The summed E-state index contributed by atoms with van der Waals surface area (Å²) in [5.41, 5.74) is 1.83. The number of carbonyl (C=O) groups is 1. The van der Waals surface area contributed by atoms with Crippen molar-refractivity contribution in [3.8, 4) is 5.75 Å². The van der Waals surface area contributed by atoms with Gasteiger partial charge in [0.05, 0.1) is 0 Å².